The quantitative estimate of drug-likeness (QED) is 0.693. The van der Waals surface area contributed by atoms with Crippen molar-refractivity contribution in [1.29, 1.82) is 0 Å². The average molecular weight is 332 g/mol. The molecule has 0 saturated carbocycles. The molecule has 0 atom stereocenters. The second-order valence-electron chi connectivity index (χ2n) is 7.04. The molecule has 0 radical (unpaired) electrons. The molecule has 0 unspecified atom stereocenters. The largest absolute Gasteiger partial charge is 0.365 e. The Hall–Kier alpha value is -2.88. The number of anilines is 2. The van der Waals surface area contributed by atoms with Crippen molar-refractivity contribution in [2.45, 2.75) is 32.9 Å². The van der Waals surface area contributed by atoms with Gasteiger partial charge < -0.3 is 10.6 Å². The van der Waals surface area contributed by atoms with Gasteiger partial charge in [-0.15, -0.1) is 0 Å². The maximum atomic E-state index is 4.69. The molecule has 4 heteroatoms. The Bertz CT molecular complexity index is 808. The fourth-order valence-electron chi connectivity index (χ4n) is 2.51. The summed E-state index contributed by atoms with van der Waals surface area (Å²) in [5, 5.41) is 6.77. The van der Waals surface area contributed by atoms with Crippen molar-refractivity contribution in [3.05, 3.63) is 72.3 Å². The number of rotatable bonds is 5. The third kappa shape index (κ3) is 5.05. The summed E-state index contributed by atoms with van der Waals surface area (Å²) >= 11 is 0. The molecular weight excluding hydrogens is 308 g/mol. The van der Waals surface area contributed by atoms with E-state index in [0.717, 1.165) is 17.1 Å². The minimum atomic E-state index is -0.0704. The van der Waals surface area contributed by atoms with Crippen LogP contribution in [0.4, 0.5) is 11.8 Å². The summed E-state index contributed by atoms with van der Waals surface area (Å²) in [4.78, 5) is 9.31. The van der Waals surface area contributed by atoms with E-state index >= 15 is 0 Å². The van der Waals surface area contributed by atoms with Gasteiger partial charge in [-0.2, -0.15) is 4.98 Å². The average Bonchev–Trinajstić information content (AvgIpc) is 2.60. The van der Waals surface area contributed by atoms with E-state index in [1.54, 1.807) is 0 Å². The molecule has 2 N–H and O–H groups in total. The Morgan fingerprint density at radius 1 is 0.840 bits per heavy atom. The zero-order valence-corrected chi connectivity index (χ0v) is 15.0. The van der Waals surface area contributed by atoms with Crippen molar-refractivity contribution >= 4 is 11.8 Å². The summed E-state index contributed by atoms with van der Waals surface area (Å²) in [6.07, 6.45) is 0. The molecule has 2 aromatic carbocycles. The molecule has 0 aliphatic rings. The van der Waals surface area contributed by atoms with E-state index in [2.05, 4.69) is 65.6 Å². The van der Waals surface area contributed by atoms with Crippen molar-refractivity contribution in [1.82, 2.24) is 9.97 Å². The molecular formula is C21H24N4. The van der Waals surface area contributed by atoms with Gasteiger partial charge in [0.05, 0.1) is 5.69 Å². The predicted octanol–water partition coefficient (Wildman–Crippen LogP) is 4.97. The van der Waals surface area contributed by atoms with Crippen LogP contribution in [0.3, 0.4) is 0 Å². The molecule has 1 aromatic heterocycles. The Balaban J connectivity index is 1.89. The lowest BCUT2D eigenvalue weighted by molar-refractivity contribution is 0.630. The molecule has 0 aliphatic carbocycles. The highest BCUT2D eigenvalue weighted by atomic mass is 15.2. The molecule has 0 fully saturated rings. The number of hydrogen-bond acceptors (Lipinski definition) is 4. The fourth-order valence-corrected chi connectivity index (χ4v) is 2.51. The molecule has 3 aromatic rings. The summed E-state index contributed by atoms with van der Waals surface area (Å²) < 4.78 is 0. The SMILES string of the molecule is CC(C)(C)Nc1cc(-c2ccccc2)nc(NCc2ccccc2)n1. The van der Waals surface area contributed by atoms with Crippen LogP contribution >= 0.6 is 0 Å². The van der Waals surface area contributed by atoms with Gasteiger partial charge >= 0.3 is 0 Å². The Morgan fingerprint density at radius 3 is 2.12 bits per heavy atom. The van der Waals surface area contributed by atoms with Crippen LogP contribution in [0.25, 0.3) is 11.3 Å². The normalized spacial score (nSPS) is 11.2. The van der Waals surface area contributed by atoms with Gasteiger partial charge in [-0.25, -0.2) is 4.98 Å². The maximum Gasteiger partial charge on any atom is 0.225 e. The van der Waals surface area contributed by atoms with Gasteiger partial charge in [-0.1, -0.05) is 60.7 Å². The summed E-state index contributed by atoms with van der Waals surface area (Å²) in [6.45, 7) is 7.05. The Labute approximate surface area is 149 Å². The van der Waals surface area contributed by atoms with E-state index < -0.39 is 0 Å². The molecule has 0 saturated heterocycles. The van der Waals surface area contributed by atoms with E-state index in [1.807, 2.05) is 42.5 Å². The Morgan fingerprint density at radius 2 is 1.48 bits per heavy atom. The molecule has 25 heavy (non-hydrogen) atoms. The van der Waals surface area contributed by atoms with Crippen molar-refractivity contribution in [2.24, 2.45) is 0 Å². The van der Waals surface area contributed by atoms with Gasteiger partial charge in [0, 0.05) is 23.7 Å². The topological polar surface area (TPSA) is 49.8 Å². The molecule has 0 aliphatic heterocycles. The fraction of sp³-hybridized carbons (Fsp3) is 0.238. The number of hydrogen-bond donors (Lipinski definition) is 2. The number of aromatic nitrogens is 2. The van der Waals surface area contributed by atoms with E-state index in [9.17, 15) is 0 Å². The lowest BCUT2D eigenvalue weighted by Gasteiger charge is -2.22. The first-order valence-corrected chi connectivity index (χ1v) is 8.50. The first-order valence-electron chi connectivity index (χ1n) is 8.50. The minimum Gasteiger partial charge on any atom is -0.365 e. The molecule has 128 valence electrons. The van der Waals surface area contributed by atoms with Crippen LogP contribution in [0.2, 0.25) is 0 Å². The van der Waals surface area contributed by atoms with E-state index in [-0.39, 0.29) is 5.54 Å². The van der Waals surface area contributed by atoms with E-state index in [1.165, 1.54) is 5.56 Å². The first kappa shape index (κ1) is 17.0. The monoisotopic (exact) mass is 332 g/mol. The highest BCUT2D eigenvalue weighted by molar-refractivity contribution is 5.64. The molecule has 0 spiro atoms. The van der Waals surface area contributed by atoms with Crippen LogP contribution in [-0.2, 0) is 6.54 Å². The van der Waals surface area contributed by atoms with Gasteiger partial charge in [0.15, 0.2) is 0 Å². The van der Waals surface area contributed by atoms with Crippen molar-refractivity contribution in [3.8, 4) is 11.3 Å². The van der Waals surface area contributed by atoms with Crippen LogP contribution in [0.15, 0.2) is 66.7 Å². The lowest BCUT2D eigenvalue weighted by atomic mass is 10.1. The standard InChI is InChI=1S/C21H24N4/c1-21(2,3)25-19-14-18(17-12-8-5-9-13-17)23-20(24-19)22-15-16-10-6-4-7-11-16/h4-14H,15H2,1-3H3,(H2,22,23,24,25). The van der Waals surface area contributed by atoms with E-state index in [0.29, 0.717) is 12.5 Å². The molecule has 0 bridgehead atoms. The van der Waals surface area contributed by atoms with Crippen LogP contribution < -0.4 is 10.6 Å². The van der Waals surface area contributed by atoms with Crippen molar-refractivity contribution in [3.63, 3.8) is 0 Å². The van der Waals surface area contributed by atoms with Crippen LogP contribution in [0.5, 0.6) is 0 Å². The minimum absolute atomic E-state index is 0.0704. The lowest BCUT2D eigenvalue weighted by Crippen LogP contribution is -2.27. The predicted molar refractivity (Wildman–Crippen MR) is 105 cm³/mol. The Kier molecular flexibility index (Phi) is 4.98. The van der Waals surface area contributed by atoms with Gasteiger partial charge in [0.2, 0.25) is 5.95 Å². The van der Waals surface area contributed by atoms with Gasteiger partial charge in [-0.3, -0.25) is 0 Å². The third-order valence-electron chi connectivity index (χ3n) is 3.59. The summed E-state index contributed by atoms with van der Waals surface area (Å²) in [5.74, 6) is 1.44. The number of benzene rings is 2. The summed E-state index contributed by atoms with van der Waals surface area (Å²) in [7, 11) is 0. The van der Waals surface area contributed by atoms with Gasteiger partial charge in [0.1, 0.15) is 5.82 Å². The van der Waals surface area contributed by atoms with Gasteiger partial charge in [0.25, 0.3) is 0 Å². The zero-order chi connectivity index (χ0) is 17.7. The molecule has 1 heterocycles. The highest BCUT2D eigenvalue weighted by Gasteiger charge is 2.13. The highest BCUT2D eigenvalue weighted by Crippen LogP contribution is 2.23. The summed E-state index contributed by atoms with van der Waals surface area (Å²) in [6, 6.07) is 22.4. The smallest absolute Gasteiger partial charge is 0.225 e. The zero-order valence-electron chi connectivity index (χ0n) is 15.0. The molecule has 3 rings (SSSR count). The van der Waals surface area contributed by atoms with Gasteiger partial charge in [-0.05, 0) is 26.3 Å². The molecule has 0 amide bonds. The van der Waals surface area contributed by atoms with Crippen LogP contribution in [0, 0.1) is 0 Å². The number of nitrogens with one attached hydrogen (secondary N) is 2. The maximum absolute atomic E-state index is 4.69. The third-order valence-corrected chi connectivity index (χ3v) is 3.59. The van der Waals surface area contributed by atoms with Crippen LogP contribution in [-0.4, -0.2) is 15.5 Å². The van der Waals surface area contributed by atoms with Crippen molar-refractivity contribution in [2.75, 3.05) is 10.6 Å². The van der Waals surface area contributed by atoms with E-state index in [4.69, 9.17) is 0 Å². The number of nitrogens with zero attached hydrogens (tertiary/aromatic N) is 2. The summed E-state index contributed by atoms with van der Waals surface area (Å²) in [5.41, 5.74) is 3.10. The second kappa shape index (κ2) is 7.34. The first-order chi connectivity index (χ1) is 12.0. The van der Waals surface area contributed by atoms with Crippen LogP contribution in [0.1, 0.15) is 26.3 Å². The van der Waals surface area contributed by atoms with Crippen molar-refractivity contribution < 1.29 is 0 Å². The second-order valence-corrected chi connectivity index (χ2v) is 7.04. The molecule has 4 nitrogen and oxygen atoms in total.